The lowest BCUT2D eigenvalue weighted by Crippen LogP contribution is -2.29. The smallest absolute Gasteiger partial charge is 0.165 e. The van der Waals surface area contributed by atoms with Crippen LogP contribution in [-0.2, 0) is 0 Å². The highest BCUT2D eigenvalue weighted by atomic mass is 19.1. The van der Waals surface area contributed by atoms with Crippen molar-refractivity contribution in [3.8, 4) is 5.75 Å². The fourth-order valence-corrected chi connectivity index (χ4v) is 2.06. The van der Waals surface area contributed by atoms with Gasteiger partial charge in [0, 0.05) is 11.8 Å². The molecule has 1 aromatic heterocycles. The quantitative estimate of drug-likeness (QED) is 0.584. The first-order chi connectivity index (χ1) is 9.56. The van der Waals surface area contributed by atoms with Crippen LogP contribution in [0.3, 0.4) is 0 Å². The van der Waals surface area contributed by atoms with Gasteiger partial charge in [-0.2, -0.15) is 0 Å². The summed E-state index contributed by atoms with van der Waals surface area (Å²) in [4.78, 5) is 4.11. The molecule has 0 aliphatic rings. The Morgan fingerprint density at radius 2 is 2.10 bits per heavy atom. The maximum Gasteiger partial charge on any atom is 0.165 e. The number of nitrogens with zero attached hydrogens (tertiary/aromatic N) is 1. The van der Waals surface area contributed by atoms with E-state index in [1.165, 1.54) is 13.2 Å². The number of nitrogens with two attached hydrogens (primary N) is 2. The topological polar surface area (TPSA) is 86.2 Å². The molecule has 0 amide bonds. The van der Waals surface area contributed by atoms with Crippen LogP contribution in [0.25, 0.3) is 0 Å². The second-order valence-electron chi connectivity index (χ2n) is 4.48. The first-order valence-corrected chi connectivity index (χ1v) is 6.08. The van der Waals surface area contributed by atoms with Crippen LogP contribution in [0, 0.1) is 12.7 Å². The Hall–Kier alpha value is -2.18. The summed E-state index contributed by atoms with van der Waals surface area (Å²) in [5.41, 5.74) is 11.0. The van der Waals surface area contributed by atoms with Gasteiger partial charge in [0.15, 0.2) is 11.6 Å². The molecule has 0 saturated heterocycles. The van der Waals surface area contributed by atoms with Crippen LogP contribution in [0.4, 0.5) is 10.2 Å². The minimum absolute atomic E-state index is 0.155. The maximum atomic E-state index is 13.5. The predicted molar refractivity (Wildman–Crippen MR) is 75.5 cm³/mol. The summed E-state index contributed by atoms with van der Waals surface area (Å²) < 4.78 is 18.4. The van der Waals surface area contributed by atoms with Crippen molar-refractivity contribution in [1.29, 1.82) is 0 Å². The molecule has 1 unspecified atom stereocenters. The molecular weight excluding hydrogens is 259 g/mol. The highest BCUT2D eigenvalue weighted by molar-refractivity contribution is 5.48. The van der Waals surface area contributed by atoms with Gasteiger partial charge in [0.25, 0.3) is 0 Å². The molecule has 0 aliphatic carbocycles. The van der Waals surface area contributed by atoms with Gasteiger partial charge in [-0.1, -0.05) is 6.07 Å². The normalized spacial score (nSPS) is 12.2. The number of halogens is 1. The Bertz CT molecular complexity index is 618. The van der Waals surface area contributed by atoms with Crippen molar-refractivity contribution in [2.75, 3.05) is 12.8 Å². The summed E-state index contributed by atoms with van der Waals surface area (Å²) in [6.45, 7) is 1.91. The van der Waals surface area contributed by atoms with Crippen LogP contribution in [-0.4, -0.2) is 12.1 Å². The molecule has 0 aliphatic heterocycles. The second kappa shape index (κ2) is 5.85. The van der Waals surface area contributed by atoms with Gasteiger partial charge in [-0.3, -0.25) is 5.84 Å². The number of pyridine rings is 1. The molecule has 20 heavy (non-hydrogen) atoms. The van der Waals surface area contributed by atoms with Crippen LogP contribution in [0.5, 0.6) is 5.75 Å². The lowest BCUT2D eigenvalue weighted by Gasteiger charge is -2.19. The Balaban J connectivity index is 2.49. The number of hydrogen-bond acceptors (Lipinski definition) is 5. The lowest BCUT2D eigenvalue weighted by molar-refractivity contribution is 0.385. The number of nitrogens with one attached hydrogen (secondary N) is 1. The summed E-state index contributed by atoms with van der Waals surface area (Å²) in [5.74, 6) is 5.72. The van der Waals surface area contributed by atoms with Crippen molar-refractivity contribution < 1.29 is 9.13 Å². The maximum absolute atomic E-state index is 13.5. The van der Waals surface area contributed by atoms with Gasteiger partial charge in [0.2, 0.25) is 0 Å². The number of aromatic nitrogens is 1. The Labute approximate surface area is 116 Å². The molecule has 2 rings (SSSR count). The number of rotatable bonds is 4. The van der Waals surface area contributed by atoms with Gasteiger partial charge >= 0.3 is 0 Å². The van der Waals surface area contributed by atoms with E-state index in [2.05, 4.69) is 10.4 Å². The van der Waals surface area contributed by atoms with Gasteiger partial charge in [-0.25, -0.2) is 14.8 Å². The van der Waals surface area contributed by atoms with Crippen LogP contribution >= 0.6 is 0 Å². The Morgan fingerprint density at radius 1 is 1.35 bits per heavy atom. The van der Waals surface area contributed by atoms with E-state index < -0.39 is 11.9 Å². The summed E-state index contributed by atoms with van der Waals surface area (Å²) in [6.07, 6.45) is 1.68. The third-order valence-electron chi connectivity index (χ3n) is 3.07. The van der Waals surface area contributed by atoms with E-state index in [0.717, 1.165) is 16.7 Å². The molecule has 2 aromatic rings. The van der Waals surface area contributed by atoms with Crippen molar-refractivity contribution in [3.63, 3.8) is 0 Å². The number of hydrazine groups is 1. The molecule has 1 atom stereocenters. The average molecular weight is 276 g/mol. The molecule has 0 saturated carbocycles. The molecule has 1 aromatic carbocycles. The van der Waals surface area contributed by atoms with Gasteiger partial charge in [-0.15, -0.1) is 0 Å². The number of ether oxygens (including phenoxy) is 1. The monoisotopic (exact) mass is 276 g/mol. The lowest BCUT2D eigenvalue weighted by atomic mass is 9.98. The summed E-state index contributed by atoms with van der Waals surface area (Å²) in [5, 5.41) is 0. The van der Waals surface area contributed by atoms with E-state index in [0.29, 0.717) is 5.82 Å². The molecule has 1 heterocycles. The summed E-state index contributed by atoms with van der Waals surface area (Å²) in [7, 11) is 1.41. The van der Waals surface area contributed by atoms with Crippen LogP contribution < -0.4 is 21.7 Å². The van der Waals surface area contributed by atoms with Gasteiger partial charge in [0.05, 0.1) is 13.2 Å². The molecule has 5 nitrogen and oxygen atoms in total. The number of anilines is 1. The first-order valence-electron chi connectivity index (χ1n) is 6.08. The SMILES string of the molecule is COc1cc(C(NN)c2cc(C)cnc2N)ccc1F. The zero-order valence-corrected chi connectivity index (χ0v) is 11.4. The summed E-state index contributed by atoms with van der Waals surface area (Å²) >= 11 is 0. The minimum atomic E-state index is -0.428. The summed E-state index contributed by atoms with van der Waals surface area (Å²) in [6, 6.07) is 6.05. The second-order valence-corrected chi connectivity index (χ2v) is 4.48. The number of hydrogen-bond donors (Lipinski definition) is 3. The average Bonchev–Trinajstić information content (AvgIpc) is 2.45. The molecular formula is C14H17FN4O. The number of nitrogen functional groups attached to an aromatic ring is 1. The van der Waals surface area contributed by atoms with E-state index >= 15 is 0 Å². The van der Waals surface area contributed by atoms with Gasteiger partial charge in [-0.05, 0) is 36.2 Å². The number of methoxy groups -OCH3 is 1. The minimum Gasteiger partial charge on any atom is -0.494 e. The van der Waals surface area contributed by atoms with Crippen LogP contribution in [0.1, 0.15) is 22.7 Å². The van der Waals surface area contributed by atoms with E-state index in [9.17, 15) is 4.39 Å². The standard InChI is InChI=1S/C14H17FN4O/c1-8-5-10(14(16)18-7-8)13(19-17)9-3-4-11(15)12(6-9)20-2/h3-7,13,19H,17H2,1-2H3,(H2,16,18). The fourth-order valence-electron chi connectivity index (χ4n) is 2.06. The van der Waals surface area contributed by atoms with Crippen molar-refractivity contribution >= 4 is 5.82 Å². The molecule has 6 heteroatoms. The molecule has 0 radical (unpaired) electrons. The Morgan fingerprint density at radius 3 is 2.75 bits per heavy atom. The van der Waals surface area contributed by atoms with Crippen LogP contribution in [0.15, 0.2) is 30.5 Å². The van der Waals surface area contributed by atoms with Crippen molar-refractivity contribution in [2.24, 2.45) is 5.84 Å². The molecule has 0 bridgehead atoms. The van der Waals surface area contributed by atoms with Crippen molar-refractivity contribution in [3.05, 3.63) is 53.0 Å². The molecule has 106 valence electrons. The first kappa shape index (κ1) is 14.2. The third-order valence-corrected chi connectivity index (χ3v) is 3.07. The molecule has 5 N–H and O–H groups in total. The van der Waals surface area contributed by atoms with Gasteiger partial charge < -0.3 is 10.5 Å². The number of benzene rings is 1. The zero-order valence-electron chi connectivity index (χ0n) is 11.4. The highest BCUT2D eigenvalue weighted by Gasteiger charge is 2.18. The molecule has 0 fully saturated rings. The van der Waals surface area contributed by atoms with E-state index in [1.54, 1.807) is 18.3 Å². The number of aryl methyl sites for hydroxylation is 1. The van der Waals surface area contributed by atoms with Gasteiger partial charge in [0.1, 0.15) is 5.82 Å². The Kier molecular flexibility index (Phi) is 4.16. The molecule has 0 spiro atoms. The third kappa shape index (κ3) is 2.71. The zero-order chi connectivity index (χ0) is 14.7. The fraction of sp³-hybridized carbons (Fsp3) is 0.214. The van der Waals surface area contributed by atoms with Crippen LogP contribution in [0.2, 0.25) is 0 Å². The van der Waals surface area contributed by atoms with E-state index in [4.69, 9.17) is 16.3 Å². The highest BCUT2D eigenvalue weighted by Crippen LogP contribution is 2.29. The largest absolute Gasteiger partial charge is 0.494 e. The van der Waals surface area contributed by atoms with E-state index in [-0.39, 0.29) is 5.75 Å². The van der Waals surface area contributed by atoms with Crippen molar-refractivity contribution in [1.82, 2.24) is 10.4 Å². The predicted octanol–water partition coefficient (Wildman–Crippen LogP) is 1.67. The van der Waals surface area contributed by atoms with Crippen molar-refractivity contribution in [2.45, 2.75) is 13.0 Å². The van der Waals surface area contributed by atoms with E-state index in [1.807, 2.05) is 13.0 Å².